The van der Waals surface area contributed by atoms with Crippen molar-refractivity contribution >= 4 is 17.3 Å². The summed E-state index contributed by atoms with van der Waals surface area (Å²) in [4.78, 5) is 13.7. The first-order chi connectivity index (χ1) is 11.6. The van der Waals surface area contributed by atoms with Crippen LogP contribution in [-0.2, 0) is 4.79 Å². The van der Waals surface area contributed by atoms with E-state index in [4.69, 9.17) is 11.0 Å². The van der Waals surface area contributed by atoms with Gasteiger partial charge in [-0.3, -0.25) is 9.69 Å². The van der Waals surface area contributed by atoms with Gasteiger partial charge in [0.05, 0.1) is 11.8 Å². The lowest BCUT2D eigenvalue weighted by atomic mass is 10.1. The van der Waals surface area contributed by atoms with Crippen LogP contribution in [0.3, 0.4) is 0 Å². The maximum absolute atomic E-state index is 12.4. The molecule has 0 bridgehead atoms. The smallest absolute Gasteiger partial charge is 0.245 e. The standard InChI is InChI=1S/C18H19N3O.C2H6/c1-4-8-15(9-5-2)21(18(22)12-13-19)14(3)16-10-6-7-11-17(16)20;1-2/h4-11H,1,3,12,20H2,2H3;1-2H3/b9-5-,15-8+;. The van der Waals surface area contributed by atoms with Gasteiger partial charge < -0.3 is 5.73 Å². The zero-order valence-electron chi connectivity index (χ0n) is 14.6. The topological polar surface area (TPSA) is 70.1 Å². The molecule has 1 rings (SSSR count). The van der Waals surface area contributed by atoms with E-state index in [0.29, 0.717) is 22.6 Å². The van der Waals surface area contributed by atoms with Crippen molar-refractivity contribution in [3.8, 4) is 6.07 Å². The van der Waals surface area contributed by atoms with Crippen molar-refractivity contribution in [2.45, 2.75) is 27.2 Å². The number of carbonyl (C=O) groups excluding carboxylic acids is 1. The molecule has 0 radical (unpaired) electrons. The van der Waals surface area contributed by atoms with Crippen molar-refractivity contribution in [1.82, 2.24) is 4.90 Å². The van der Waals surface area contributed by atoms with Crippen LogP contribution in [0.15, 0.2) is 67.4 Å². The number of hydrogen-bond acceptors (Lipinski definition) is 3. The van der Waals surface area contributed by atoms with Gasteiger partial charge in [-0.2, -0.15) is 5.26 Å². The summed E-state index contributed by atoms with van der Waals surface area (Å²) in [6.45, 7) is 13.5. The maximum Gasteiger partial charge on any atom is 0.245 e. The molecule has 2 N–H and O–H groups in total. The molecule has 0 aliphatic carbocycles. The summed E-state index contributed by atoms with van der Waals surface area (Å²) in [6.07, 6.45) is 6.55. The third-order valence-electron chi connectivity index (χ3n) is 2.91. The van der Waals surface area contributed by atoms with E-state index in [0.717, 1.165) is 0 Å². The molecule has 0 aliphatic heterocycles. The second-order valence-corrected chi connectivity index (χ2v) is 4.43. The Kier molecular flexibility index (Phi) is 10.0. The Morgan fingerprint density at radius 3 is 2.50 bits per heavy atom. The van der Waals surface area contributed by atoms with Crippen LogP contribution in [0.2, 0.25) is 0 Å². The SMILES string of the molecule is C=C/C=C(\C=C/C)N(C(=C)c1ccccc1N)C(=O)CC#N.CC. The molecule has 0 aliphatic rings. The van der Waals surface area contributed by atoms with Gasteiger partial charge in [-0.1, -0.05) is 57.4 Å². The third-order valence-corrected chi connectivity index (χ3v) is 2.91. The first-order valence-corrected chi connectivity index (χ1v) is 7.75. The number of para-hydroxylation sites is 1. The molecule has 0 saturated heterocycles. The number of allylic oxidation sites excluding steroid dienone is 4. The van der Waals surface area contributed by atoms with Crippen LogP contribution < -0.4 is 5.73 Å². The molecule has 1 aromatic carbocycles. The van der Waals surface area contributed by atoms with Crippen LogP contribution in [0.1, 0.15) is 32.8 Å². The van der Waals surface area contributed by atoms with Crippen molar-refractivity contribution in [1.29, 1.82) is 5.26 Å². The molecule has 126 valence electrons. The van der Waals surface area contributed by atoms with E-state index in [1.165, 1.54) is 4.90 Å². The summed E-state index contributed by atoms with van der Waals surface area (Å²) in [7, 11) is 0. The summed E-state index contributed by atoms with van der Waals surface area (Å²) in [5.41, 5.74) is 8.12. The predicted octanol–water partition coefficient (Wildman–Crippen LogP) is 4.65. The third kappa shape index (κ3) is 5.62. The van der Waals surface area contributed by atoms with Crippen LogP contribution in [0.4, 0.5) is 5.69 Å². The monoisotopic (exact) mass is 323 g/mol. The fourth-order valence-corrected chi connectivity index (χ4v) is 1.97. The van der Waals surface area contributed by atoms with E-state index in [1.807, 2.05) is 32.9 Å². The van der Waals surface area contributed by atoms with Gasteiger partial charge in [0.1, 0.15) is 6.42 Å². The molecule has 4 heteroatoms. The second-order valence-electron chi connectivity index (χ2n) is 4.43. The van der Waals surface area contributed by atoms with Crippen LogP contribution in [0, 0.1) is 11.3 Å². The second kappa shape index (κ2) is 11.5. The molecule has 0 atom stereocenters. The zero-order valence-corrected chi connectivity index (χ0v) is 14.6. The average molecular weight is 323 g/mol. The molecular formula is C20H25N3O. The molecule has 24 heavy (non-hydrogen) atoms. The first-order valence-electron chi connectivity index (χ1n) is 7.75. The lowest BCUT2D eigenvalue weighted by Crippen LogP contribution is -2.27. The van der Waals surface area contributed by atoms with Crippen molar-refractivity contribution in [2.75, 3.05) is 5.73 Å². The molecule has 0 heterocycles. The number of benzene rings is 1. The van der Waals surface area contributed by atoms with Gasteiger partial charge in [-0.05, 0) is 25.1 Å². The molecular weight excluding hydrogens is 298 g/mol. The van der Waals surface area contributed by atoms with Crippen molar-refractivity contribution in [2.24, 2.45) is 0 Å². The molecule has 0 aromatic heterocycles. The van der Waals surface area contributed by atoms with Crippen LogP contribution in [0.25, 0.3) is 5.70 Å². The lowest BCUT2D eigenvalue weighted by Gasteiger charge is -2.26. The summed E-state index contributed by atoms with van der Waals surface area (Å²) in [6, 6.07) is 9.01. The minimum atomic E-state index is -0.373. The summed E-state index contributed by atoms with van der Waals surface area (Å²) < 4.78 is 0. The number of nitrogen functional groups attached to an aromatic ring is 1. The number of nitrogens with zero attached hydrogens (tertiary/aromatic N) is 2. The van der Waals surface area contributed by atoms with Crippen molar-refractivity contribution < 1.29 is 4.79 Å². The molecule has 0 unspecified atom stereocenters. The van der Waals surface area contributed by atoms with E-state index in [2.05, 4.69) is 13.2 Å². The van der Waals surface area contributed by atoms with Gasteiger partial charge in [-0.15, -0.1) is 0 Å². The number of nitrogens with two attached hydrogens (primary N) is 1. The molecule has 0 spiro atoms. The number of carbonyl (C=O) groups is 1. The van der Waals surface area contributed by atoms with Gasteiger partial charge in [0, 0.05) is 16.9 Å². The molecule has 0 fully saturated rings. The Morgan fingerprint density at radius 2 is 2.00 bits per heavy atom. The number of anilines is 1. The Hall–Kier alpha value is -3.06. The molecule has 0 saturated carbocycles. The number of nitriles is 1. The zero-order chi connectivity index (χ0) is 18.5. The van der Waals surface area contributed by atoms with Gasteiger partial charge >= 0.3 is 0 Å². The maximum atomic E-state index is 12.4. The molecule has 1 aromatic rings. The normalized spacial score (nSPS) is 10.3. The lowest BCUT2D eigenvalue weighted by molar-refractivity contribution is -0.125. The van der Waals surface area contributed by atoms with Crippen molar-refractivity contribution in [3.05, 3.63) is 73.0 Å². The Morgan fingerprint density at radius 1 is 1.38 bits per heavy atom. The van der Waals surface area contributed by atoms with E-state index in [9.17, 15) is 4.79 Å². The van der Waals surface area contributed by atoms with E-state index in [-0.39, 0.29) is 12.3 Å². The largest absolute Gasteiger partial charge is 0.398 e. The highest BCUT2D eigenvalue weighted by atomic mass is 16.2. The van der Waals surface area contributed by atoms with E-state index < -0.39 is 0 Å². The van der Waals surface area contributed by atoms with Gasteiger partial charge in [0.2, 0.25) is 5.91 Å². The van der Waals surface area contributed by atoms with Crippen LogP contribution in [-0.4, -0.2) is 10.8 Å². The number of rotatable bonds is 6. The highest BCUT2D eigenvalue weighted by molar-refractivity contribution is 5.91. The fourth-order valence-electron chi connectivity index (χ4n) is 1.97. The van der Waals surface area contributed by atoms with Gasteiger partial charge in [0.15, 0.2) is 0 Å². The minimum absolute atomic E-state index is 0.252. The Balaban J connectivity index is 0.00000254. The summed E-state index contributed by atoms with van der Waals surface area (Å²) in [5, 5.41) is 8.82. The van der Waals surface area contributed by atoms with E-state index in [1.54, 1.807) is 42.5 Å². The highest BCUT2D eigenvalue weighted by Crippen LogP contribution is 2.27. The quantitative estimate of drug-likeness (QED) is 0.611. The van der Waals surface area contributed by atoms with E-state index >= 15 is 0 Å². The summed E-state index contributed by atoms with van der Waals surface area (Å²) >= 11 is 0. The number of amides is 1. The minimum Gasteiger partial charge on any atom is -0.398 e. The van der Waals surface area contributed by atoms with Gasteiger partial charge in [0.25, 0.3) is 0 Å². The Bertz CT molecular complexity index is 678. The van der Waals surface area contributed by atoms with Crippen LogP contribution >= 0.6 is 0 Å². The number of hydrogen-bond donors (Lipinski definition) is 1. The molecule has 1 amide bonds. The summed E-state index contributed by atoms with van der Waals surface area (Å²) in [5.74, 6) is -0.373. The average Bonchev–Trinajstić information content (AvgIpc) is 2.58. The highest BCUT2D eigenvalue weighted by Gasteiger charge is 2.21. The van der Waals surface area contributed by atoms with Crippen molar-refractivity contribution in [3.63, 3.8) is 0 Å². The van der Waals surface area contributed by atoms with Crippen LogP contribution in [0.5, 0.6) is 0 Å². The fraction of sp³-hybridized carbons (Fsp3) is 0.200. The molecule has 4 nitrogen and oxygen atoms in total. The predicted molar refractivity (Wildman–Crippen MR) is 101 cm³/mol. The first kappa shape index (κ1) is 20.9. The van der Waals surface area contributed by atoms with Gasteiger partial charge in [-0.25, -0.2) is 0 Å². The Labute approximate surface area is 144 Å².